The number of sulfonamides is 1. The standard InChI is InChI=1S/C26H28F4N2O5S/c1-16(18-5-7-20(8-6-18)37-26(28,29)30)32-11-9-17(10-12-32)15-36-24-14-23(27)22(13-21(24)19-3-4-19)25(33)31-38(2,34)35/h5-8,13-16,19H,3-4,9-12H2,1-2H3,(H,31,33). The second-order valence-corrected chi connectivity index (χ2v) is 11.3. The highest BCUT2D eigenvalue weighted by Gasteiger charge is 2.32. The lowest BCUT2D eigenvalue weighted by molar-refractivity contribution is -0.274. The Morgan fingerprint density at radius 2 is 1.76 bits per heavy atom. The van der Waals surface area contributed by atoms with Gasteiger partial charge in [-0.3, -0.25) is 9.69 Å². The van der Waals surface area contributed by atoms with Crippen LogP contribution in [-0.2, 0) is 10.0 Å². The van der Waals surface area contributed by atoms with Crippen LogP contribution in [-0.4, -0.2) is 44.9 Å². The van der Waals surface area contributed by atoms with Gasteiger partial charge in [0.1, 0.15) is 17.3 Å². The van der Waals surface area contributed by atoms with Crippen molar-refractivity contribution in [1.29, 1.82) is 0 Å². The van der Waals surface area contributed by atoms with Gasteiger partial charge in [0.2, 0.25) is 10.0 Å². The van der Waals surface area contributed by atoms with Crippen LogP contribution in [0.2, 0.25) is 0 Å². The highest BCUT2D eigenvalue weighted by Crippen LogP contribution is 2.45. The fourth-order valence-electron chi connectivity index (χ4n) is 4.41. The largest absolute Gasteiger partial charge is 0.573 e. The summed E-state index contributed by atoms with van der Waals surface area (Å²) in [5, 5.41) is 0. The molecule has 1 saturated carbocycles. The number of nitrogens with one attached hydrogen (secondary N) is 1. The lowest BCUT2D eigenvalue weighted by Gasteiger charge is -2.33. The lowest BCUT2D eigenvalue weighted by Crippen LogP contribution is -2.33. The summed E-state index contributed by atoms with van der Waals surface area (Å²) >= 11 is 0. The van der Waals surface area contributed by atoms with Crippen molar-refractivity contribution in [3.8, 4) is 11.5 Å². The molecule has 38 heavy (non-hydrogen) atoms. The Morgan fingerprint density at radius 1 is 1.13 bits per heavy atom. The summed E-state index contributed by atoms with van der Waals surface area (Å²) in [6, 6.07) is 8.30. The maximum Gasteiger partial charge on any atom is 0.573 e. The SMILES string of the molecule is CC(c1ccc(OC(F)(F)F)cc1)N1CCC(=COc2cc(F)c(C(=O)NS(C)(=O)=O)cc2C2CC2)CC1. The molecule has 1 aliphatic carbocycles. The van der Waals surface area contributed by atoms with E-state index in [2.05, 4.69) is 9.64 Å². The van der Waals surface area contributed by atoms with Gasteiger partial charge in [-0.05, 0) is 73.4 Å². The summed E-state index contributed by atoms with van der Waals surface area (Å²) in [5.74, 6) is -1.75. The van der Waals surface area contributed by atoms with Crippen LogP contribution in [0.25, 0.3) is 0 Å². The van der Waals surface area contributed by atoms with Crippen molar-refractivity contribution in [1.82, 2.24) is 9.62 Å². The number of piperidine rings is 1. The second-order valence-electron chi connectivity index (χ2n) is 9.57. The molecule has 0 spiro atoms. The lowest BCUT2D eigenvalue weighted by atomic mass is 10.0. The number of ether oxygens (including phenoxy) is 2. The van der Waals surface area contributed by atoms with Crippen molar-refractivity contribution >= 4 is 15.9 Å². The van der Waals surface area contributed by atoms with Crippen LogP contribution in [0.3, 0.4) is 0 Å². The van der Waals surface area contributed by atoms with Gasteiger partial charge in [0.25, 0.3) is 5.91 Å². The molecular weight excluding hydrogens is 528 g/mol. The van der Waals surface area contributed by atoms with Gasteiger partial charge in [-0.2, -0.15) is 0 Å². The molecule has 1 heterocycles. The van der Waals surface area contributed by atoms with E-state index in [9.17, 15) is 30.8 Å². The highest BCUT2D eigenvalue weighted by atomic mass is 32.2. The van der Waals surface area contributed by atoms with Gasteiger partial charge in [0, 0.05) is 25.2 Å². The molecule has 2 aromatic rings. The molecule has 1 unspecified atom stereocenters. The first-order valence-corrected chi connectivity index (χ1v) is 14.0. The molecule has 2 aromatic carbocycles. The fourth-order valence-corrected chi connectivity index (χ4v) is 4.85. The summed E-state index contributed by atoms with van der Waals surface area (Å²) < 4.78 is 86.2. The number of amides is 1. The van der Waals surface area contributed by atoms with Gasteiger partial charge in [-0.1, -0.05) is 12.1 Å². The topological polar surface area (TPSA) is 84.9 Å². The number of hydrogen-bond acceptors (Lipinski definition) is 6. The predicted molar refractivity (Wildman–Crippen MR) is 132 cm³/mol. The Kier molecular flexibility index (Phi) is 8.03. The Balaban J connectivity index is 1.38. The van der Waals surface area contributed by atoms with Crippen LogP contribution in [0.1, 0.15) is 66.1 Å². The van der Waals surface area contributed by atoms with Gasteiger partial charge < -0.3 is 9.47 Å². The minimum atomic E-state index is -4.73. The van der Waals surface area contributed by atoms with E-state index in [1.54, 1.807) is 23.1 Å². The van der Waals surface area contributed by atoms with Crippen LogP contribution in [0.5, 0.6) is 11.5 Å². The molecule has 1 atom stereocenters. The normalized spacial score (nSPS) is 17.6. The number of nitrogens with zero attached hydrogens (tertiary/aromatic N) is 1. The molecule has 1 saturated heterocycles. The van der Waals surface area contributed by atoms with E-state index in [0.717, 1.165) is 36.3 Å². The Bertz CT molecular complexity index is 1310. The third kappa shape index (κ3) is 7.47. The third-order valence-electron chi connectivity index (χ3n) is 6.58. The molecule has 1 aliphatic heterocycles. The van der Waals surface area contributed by atoms with Crippen molar-refractivity contribution in [3.63, 3.8) is 0 Å². The second kappa shape index (κ2) is 10.9. The zero-order chi connectivity index (χ0) is 27.7. The van der Waals surface area contributed by atoms with E-state index in [-0.39, 0.29) is 23.3 Å². The van der Waals surface area contributed by atoms with Crippen LogP contribution < -0.4 is 14.2 Å². The zero-order valence-corrected chi connectivity index (χ0v) is 21.7. The number of halogens is 4. The minimum Gasteiger partial charge on any atom is -0.465 e. The maximum absolute atomic E-state index is 14.7. The fraction of sp³-hybridized carbons (Fsp3) is 0.423. The summed E-state index contributed by atoms with van der Waals surface area (Å²) in [4.78, 5) is 14.4. The molecule has 7 nitrogen and oxygen atoms in total. The highest BCUT2D eigenvalue weighted by molar-refractivity contribution is 7.89. The molecule has 1 amide bonds. The average Bonchev–Trinajstić information content (AvgIpc) is 3.66. The van der Waals surface area contributed by atoms with Crippen LogP contribution in [0.4, 0.5) is 17.6 Å². The quantitative estimate of drug-likeness (QED) is 0.346. The van der Waals surface area contributed by atoms with Crippen molar-refractivity contribution in [2.24, 2.45) is 0 Å². The van der Waals surface area contributed by atoms with Crippen molar-refractivity contribution in [2.45, 2.75) is 50.9 Å². The smallest absolute Gasteiger partial charge is 0.465 e. The summed E-state index contributed by atoms with van der Waals surface area (Å²) in [5.41, 5.74) is 2.19. The van der Waals surface area contributed by atoms with E-state index in [0.29, 0.717) is 37.2 Å². The maximum atomic E-state index is 14.7. The van der Waals surface area contributed by atoms with Gasteiger partial charge in [0.15, 0.2) is 0 Å². The molecular formula is C26H28F4N2O5S. The first-order valence-electron chi connectivity index (χ1n) is 12.1. The number of likely N-dealkylation sites (tertiary alicyclic amines) is 1. The molecule has 2 aliphatic rings. The van der Waals surface area contributed by atoms with Gasteiger partial charge >= 0.3 is 6.36 Å². The van der Waals surface area contributed by atoms with Crippen molar-refractivity contribution < 1.29 is 40.2 Å². The third-order valence-corrected chi connectivity index (χ3v) is 7.13. The number of alkyl halides is 3. The van der Waals surface area contributed by atoms with Crippen LogP contribution in [0.15, 0.2) is 48.2 Å². The first kappa shape index (κ1) is 27.9. The minimum absolute atomic E-state index is 0.0152. The van der Waals surface area contributed by atoms with Gasteiger partial charge in [-0.15, -0.1) is 13.2 Å². The van der Waals surface area contributed by atoms with E-state index in [4.69, 9.17) is 4.74 Å². The predicted octanol–water partition coefficient (Wildman–Crippen LogP) is 5.41. The number of carbonyl (C=O) groups is 1. The molecule has 1 N–H and O–H groups in total. The molecule has 2 fully saturated rings. The number of benzene rings is 2. The molecule has 0 radical (unpaired) electrons. The monoisotopic (exact) mass is 556 g/mol. The summed E-state index contributed by atoms with van der Waals surface area (Å²) in [6.45, 7) is 3.38. The zero-order valence-electron chi connectivity index (χ0n) is 20.8. The first-order chi connectivity index (χ1) is 17.8. The van der Waals surface area contributed by atoms with Crippen LogP contribution >= 0.6 is 0 Å². The van der Waals surface area contributed by atoms with Crippen LogP contribution in [0, 0.1) is 5.82 Å². The van der Waals surface area contributed by atoms with E-state index in [1.807, 2.05) is 6.92 Å². The van der Waals surface area contributed by atoms with E-state index < -0.39 is 28.1 Å². The summed E-state index contributed by atoms with van der Waals surface area (Å²) in [6.07, 6.45) is 0.797. The number of carbonyl (C=O) groups excluding carboxylic acids is 1. The molecule has 4 rings (SSSR count). The Hall–Kier alpha value is -3.12. The average molecular weight is 557 g/mol. The van der Waals surface area contributed by atoms with Crippen molar-refractivity contribution in [2.75, 3.05) is 19.3 Å². The van der Waals surface area contributed by atoms with Crippen molar-refractivity contribution in [3.05, 3.63) is 70.7 Å². The van der Waals surface area contributed by atoms with Gasteiger partial charge in [-0.25, -0.2) is 17.5 Å². The molecule has 0 bridgehead atoms. The van der Waals surface area contributed by atoms with E-state index >= 15 is 0 Å². The summed E-state index contributed by atoms with van der Waals surface area (Å²) in [7, 11) is -3.84. The van der Waals surface area contributed by atoms with Gasteiger partial charge in [0.05, 0.1) is 18.1 Å². The molecule has 206 valence electrons. The molecule has 12 heteroatoms. The van der Waals surface area contributed by atoms with E-state index in [1.165, 1.54) is 18.2 Å². The number of rotatable bonds is 8. The Labute approximate surface area is 218 Å². The number of hydrogen-bond donors (Lipinski definition) is 1. The molecule has 0 aromatic heterocycles. The Morgan fingerprint density at radius 3 is 2.32 bits per heavy atom.